The summed E-state index contributed by atoms with van der Waals surface area (Å²) in [7, 11) is 0. The molecule has 0 saturated heterocycles. The lowest BCUT2D eigenvalue weighted by molar-refractivity contribution is 0.219. The summed E-state index contributed by atoms with van der Waals surface area (Å²) in [5.74, 6) is 0. The summed E-state index contributed by atoms with van der Waals surface area (Å²) in [6.45, 7) is 1.24. The minimum absolute atomic E-state index is 0.0991. The number of hydrogen-bond acceptors (Lipinski definition) is 3. The van der Waals surface area contributed by atoms with Crippen LogP contribution in [0.25, 0.3) is 0 Å². The summed E-state index contributed by atoms with van der Waals surface area (Å²) in [4.78, 5) is 0. The lowest BCUT2D eigenvalue weighted by Crippen LogP contribution is -2.19. The van der Waals surface area contributed by atoms with Gasteiger partial charge in [-0.25, -0.2) is 0 Å². The first kappa shape index (κ1) is 15.0. The molecule has 3 N–H and O–H groups in total. The Morgan fingerprint density at radius 3 is 2.45 bits per heavy atom. The molecule has 0 aliphatic heterocycles. The Morgan fingerprint density at radius 2 is 1.75 bits per heavy atom. The van der Waals surface area contributed by atoms with E-state index in [4.69, 9.17) is 16.7 Å². The zero-order valence-electron chi connectivity index (χ0n) is 11.1. The molecule has 0 bridgehead atoms. The van der Waals surface area contributed by atoms with Crippen LogP contribution in [0.4, 0.5) is 0 Å². The van der Waals surface area contributed by atoms with Gasteiger partial charge in [0.05, 0.1) is 6.61 Å². The van der Waals surface area contributed by atoms with E-state index >= 15 is 0 Å². The molecule has 1 unspecified atom stereocenters. The van der Waals surface area contributed by atoms with Gasteiger partial charge < -0.3 is 15.5 Å². The Hall–Kier alpha value is -1.39. The molecule has 1 atom stereocenters. The van der Waals surface area contributed by atoms with Crippen molar-refractivity contribution >= 4 is 11.6 Å². The maximum atomic E-state index is 10.5. The van der Waals surface area contributed by atoms with Gasteiger partial charge in [-0.15, -0.1) is 0 Å². The van der Waals surface area contributed by atoms with Crippen molar-refractivity contribution < 1.29 is 10.2 Å². The van der Waals surface area contributed by atoms with E-state index in [0.29, 0.717) is 18.1 Å². The third-order valence-corrected chi connectivity index (χ3v) is 3.39. The number of halogens is 1. The monoisotopic (exact) mass is 291 g/mol. The smallest absolute Gasteiger partial charge is 0.104 e. The first-order valence-corrected chi connectivity index (χ1v) is 6.93. The second-order valence-corrected chi connectivity index (χ2v) is 4.99. The maximum absolute atomic E-state index is 10.5. The van der Waals surface area contributed by atoms with Crippen LogP contribution in [-0.2, 0) is 6.54 Å². The number of rotatable bonds is 6. The lowest BCUT2D eigenvalue weighted by atomic mass is 9.97. The predicted octanol–water partition coefficient (Wildman–Crippen LogP) is 2.50. The van der Waals surface area contributed by atoms with Gasteiger partial charge in [0.15, 0.2) is 0 Å². The second-order valence-electron chi connectivity index (χ2n) is 4.55. The third kappa shape index (κ3) is 3.81. The van der Waals surface area contributed by atoms with Crippen molar-refractivity contribution in [1.82, 2.24) is 5.32 Å². The van der Waals surface area contributed by atoms with Crippen molar-refractivity contribution in [3.8, 4) is 0 Å². The van der Waals surface area contributed by atoms with Crippen LogP contribution >= 0.6 is 11.6 Å². The third-order valence-electron chi connectivity index (χ3n) is 3.14. The van der Waals surface area contributed by atoms with E-state index in [1.807, 2.05) is 36.4 Å². The molecule has 0 saturated carbocycles. The van der Waals surface area contributed by atoms with Crippen molar-refractivity contribution in [1.29, 1.82) is 0 Å². The molecule has 106 valence electrons. The number of aliphatic hydroxyl groups is 2. The van der Waals surface area contributed by atoms with Crippen LogP contribution in [-0.4, -0.2) is 23.4 Å². The van der Waals surface area contributed by atoms with Gasteiger partial charge in [-0.3, -0.25) is 0 Å². The van der Waals surface area contributed by atoms with Gasteiger partial charge in [-0.05, 0) is 28.8 Å². The van der Waals surface area contributed by atoms with E-state index in [0.717, 1.165) is 16.7 Å². The number of nitrogens with one attached hydrogen (secondary N) is 1. The molecule has 0 spiro atoms. The van der Waals surface area contributed by atoms with Crippen LogP contribution in [0.3, 0.4) is 0 Å². The Bertz CT molecular complexity index is 542. The van der Waals surface area contributed by atoms with Crippen LogP contribution in [0.5, 0.6) is 0 Å². The van der Waals surface area contributed by atoms with Crippen LogP contribution in [0.1, 0.15) is 22.8 Å². The zero-order valence-corrected chi connectivity index (χ0v) is 11.8. The molecular formula is C16H18ClNO2. The maximum Gasteiger partial charge on any atom is 0.104 e. The minimum Gasteiger partial charge on any atom is -0.395 e. The minimum atomic E-state index is -0.681. The van der Waals surface area contributed by atoms with Crippen molar-refractivity contribution in [2.45, 2.75) is 12.6 Å². The Morgan fingerprint density at radius 1 is 1.05 bits per heavy atom. The number of hydrogen-bond donors (Lipinski definition) is 3. The molecule has 0 heterocycles. The summed E-state index contributed by atoms with van der Waals surface area (Å²) in [6, 6.07) is 14.9. The molecule has 0 aromatic heterocycles. The van der Waals surface area contributed by atoms with Gasteiger partial charge in [-0.1, -0.05) is 48.0 Å². The predicted molar refractivity (Wildman–Crippen MR) is 80.7 cm³/mol. The van der Waals surface area contributed by atoms with Crippen LogP contribution < -0.4 is 5.32 Å². The first-order valence-electron chi connectivity index (χ1n) is 6.55. The molecule has 3 nitrogen and oxygen atoms in total. The quantitative estimate of drug-likeness (QED) is 0.717. The highest BCUT2D eigenvalue weighted by Gasteiger charge is 2.13. The Labute approximate surface area is 123 Å². The fourth-order valence-corrected chi connectivity index (χ4v) is 2.21. The van der Waals surface area contributed by atoms with Gasteiger partial charge in [0.1, 0.15) is 6.10 Å². The molecule has 4 heteroatoms. The van der Waals surface area contributed by atoms with E-state index < -0.39 is 6.10 Å². The fraction of sp³-hybridized carbons (Fsp3) is 0.250. The largest absolute Gasteiger partial charge is 0.395 e. The van der Waals surface area contributed by atoms with Gasteiger partial charge in [0, 0.05) is 18.1 Å². The van der Waals surface area contributed by atoms with E-state index in [2.05, 4.69) is 5.32 Å². The second kappa shape index (κ2) is 7.41. The van der Waals surface area contributed by atoms with E-state index in [-0.39, 0.29) is 6.61 Å². The van der Waals surface area contributed by atoms with Crippen LogP contribution in [0.15, 0.2) is 48.5 Å². The standard InChI is InChI=1S/C16H18ClNO2/c17-14-7-5-12(6-8-14)16(20)15-4-2-1-3-13(15)11-18-9-10-19/h1-8,16,18-20H,9-11H2. The van der Waals surface area contributed by atoms with E-state index in [9.17, 15) is 5.11 Å². The highest BCUT2D eigenvalue weighted by molar-refractivity contribution is 6.30. The zero-order chi connectivity index (χ0) is 14.4. The first-order chi connectivity index (χ1) is 9.72. The SMILES string of the molecule is OCCNCc1ccccc1C(O)c1ccc(Cl)cc1. The van der Waals surface area contributed by atoms with Crippen molar-refractivity contribution in [2.24, 2.45) is 0 Å². The lowest BCUT2D eigenvalue weighted by Gasteiger charge is -2.16. The molecule has 2 aromatic rings. The highest BCUT2D eigenvalue weighted by atomic mass is 35.5. The molecular weight excluding hydrogens is 274 g/mol. The molecule has 0 fully saturated rings. The summed E-state index contributed by atoms with van der Waals surface area (Å²) in [5, 5.41) is 23.1. The summed E-state index contributed by atoms with van der Waals surface area (Å²) in [6.07, 6.45) is -0.681. The summed E-state index contributed by atoms with van der Waals surface area (Å²) >= 11 is 5.86. The number of benzene rings is 2. The van der Waals surface area contributed by atoms with Gasteiger partial charge in [0.2, 0.25) is 0 Å². The molecule has 2 aromatic carbocycles. The van der Waals surface area contributed by atoms with E-state index in [1.165, 1.54) is 0 Å². The van der Waals surface area contributed by atoms with Gasteiger partial charge >= 0.3 is 0 Å². The molecule has 2 rings (SSSR count). The normalized spacial score (nSPS) is 12.3. The van der Waals surface area contributed by atoms with Crippen LogP contribution in [0.2, 0.25) is 5.02 Å². The Balaban J connectivity index is 2.20. The van der Waals surface area contributed by atoms with Gasteiger partial charge in [-0.2, -0.15) is 0 Å². The van der Waals surface area contributed by atoms with Crippen LogP contribution in [0, 0.1) is 0 Å². The topological polar surface area (TPSA) is 52.5 Å². The molecule has 0 aliphatic rings. The van der Waals surface area contributed by atoms with Gasteiger partial charge in [0.25, 0.3) is 0 Å². The molecule has 0 amide bonds. The Kier molecular flexibility index (Phi) is 5.56. The average molecular weight is 292 g/mol. The fourth-order valence-electron chi connectivity index (χ4n) is 2.09. The van der Waals surface area contributed by atoms with Crippen molar-refractivity contribution in [3.05, 3.63) is 70.2 Å². The van der Waals surface area contributed by atoms with Crippen molar-refractivity contribution in [3.63, 3.8) is 0 Å². The molecule has 20 heavy (non-hydrogen) atoms. The highest BCUT2D eigenvalue weighted by Crippen LogP contribution is 2.26. The van der Waals surface area contributed by atoms with E-state index in [1.54, 1.807) is 12.1 Å². The van der Waals surface area contributed by atoms with Crippen molar-refractivity contribution in [2.75, 3.05) is 13.2 Å². The molecule has 0 aliphatic carbocycles. The summed E-state index contributed by atoms with van der Waals surface area (Å²) in [5.41, 5.74) is 2.69. The summed E-state index contributed by atoms with van der Waals surface area (Å²) < 4.78 is 0. The number of aliphatic hydroxyl groups excluding tert-OH is 2. The molecule has 0 radical (unpaired) electrons. The average Bonchev–Trinajstić information content (AvgIpc) is 2.48.